The van der Waals surface area contributed by atoms with Gasteiger partial charge in [0, 0.05) is 14.3 Å². The summed E-state index contributed by atoms with van der Waals surface area (Å²) in [4.78, 5) is 12.1. The van der Waals surface area contributed by atoms with Crippen molar-refractivity contribution in [3.63, 3.8) is 0 Å². The fraction of sp³-hybridized carbons (Fsp3) is 0.133. The van der Waals surface area contributed by atoms with E-state index in [0.717, 1.165) is 9.26 Å². The number of rotatable bonds is 4. The molecule has 0 aliphatic rings. The molecule has 1 N–H and O–H groups in total. The molecule has 1 amide bonds. The second-order valence-electron chi connectivity index (χ2n) is 4.33. The van der Waals surface area contributed by atoms with E-state index in [2.05, 4.69) is 27.9 Å². The van der Waals surface area contributed by atoms with Gasteiger partial charge in [0.1, 0.15) is 5.75 Å². The first-order valence-electron chi connectivity index (χ1n) is 6.14. The maximum Gasteiger partial charge on any atom is 0.265 e. The molecule has 2 aromatic rings. The Morgan fingerprint density at radius 3 is 2.48 bits per heavy atom. The van der Waals surface area contributed by atoms with Gasteiger partial charge in [0.15, 0.2) is 6.10 Å². The van der Waals surface area contributed by atoms with E-state index < -0.39 is 6.10 Å². The summed E-state index contributed by atoms with van der Waals surface area (Å²) >= 11 is 14.0. The van der Waals surface area contributed by atoms with Crippen LogP contribution in [0, 0.1) is 3.57 Å². The third kappa shape index (κ3) is 4.76. The maximum atomic E-state index is 12.1. The predicted octanol–water partition coefficient (Wildman–Crippen LogP) is 5.00. The summed E-state index contributed by atoms with van der Waals surface area (Å²) in [5, 5.41) is 3.67. The van der Waals surface area contributed by atoms with Crippen molar-refractivity contribution in [1.29, 1.82) is 0 Å². The van der Waals surface area contributed by atoms with Crippen LogP contribution in [-0.4, -0.2) is 12.0 Å². The first kappa shape index (κ1) is 16.4. The quantitative estimate of drug-likeness (QED) is 0.686. The van der Waals surface area contributed by atoms with E-state index in [4.69, 9.17) is 27.9 Å². The van der Waals surface area contributed by atoms with Crippen LogP contribution in [0.4, 0.5) is 5.69 Å². The highest BCUT2D eigenvalue weighted by atomic mass is 127. The molecule has 0 fully saturated rings. The van der Waals surface area contributed by atoms with E-state index in [1.807, 2.05) is 24.3 Å². The van der Waals surface area contributed by atoms with Crippen LogP contribution in [-0.2, 0) is 4.79 Å². The Morgan fingerprint density at radius 1 is 1.19 bits per heavy atom. The highest BCUT2D eigenvalue weighted by molar-refractivity contribution is 14.1. The molecule has 0 saturated heterocycles. The minimum absolute atomic E-state index is 0.248. The van der Waals surface area contributed by atoms with Gasteiger partial charge in [-0.05, 0) is 72.0 Å². The number of ether oxygens (including phenoxy) is 1. The van der Waals surface area contributed by atoms with E-state index in [-0.39, 0.29) is 5.91 Å². The van der Waals surface area contributed by atoms with Gasteiger partial charge in [0.2, 0.25) is 0 Å². The number of hydrogen-bond acceptors (Lipinski definition) is 2. The van der Waals surface area contributed by atoms with Crippen LogP contribution in [0.25, 0.3) is 0 Å². The van der Waals surface area contributed by atoms with Gasteiger partial charge in [-0.25, -0.2) is 0 Å². The lowest BCUT2D eigenvalue weighted by molar-refractivity contribution is -0.122. The number of halogens is 3. The lowest BCUT2D eigenvalue weighted by Crippen LogP contribution is -2.30. The van der Waals surface area contributed by atoms with Gasteiger partial charge >= 0.3 is 0 Å². The topological polar surface area (TPSA) is 38.3 Å². The summed E-state index contributed by atoms with van der Waals surface area (Å²) in [6.45, 7) is 1.66. The van der Waals surface area contributed by atoms with Gasteiger partial charge in [-0.15, -0.1) is 0 Å². The Labute approximate surface area is 146 Å². The summed E-state index contributed by atoms with van der Waals surface area (Å²) in [7, 11) is 0. The van der Waals surface area contributed by atoms with E-state index >= 15 is 0 Å². The lowest BCUT2D eigenvalue weighted by atomic mass is 10.3. The summed E-state index contributed by atoms with van der Waals surface area (Å²) in [6.07, 6.45) is -0.678. The average molecular weight is 436 g/mol. The SMILES string of the molecule is C[C@@H](Oc1ccc(Cl)cc1Cl)C(=O)Nc1ccc(I)cc1. The molecule has 0 heterocycles. The van der Waals surface area contributed by atoms with Gasteiger partial charge in [-0.1, -0.05) is 23.2 Å². The van der Waals surface area contributed by atoms with Crippen LogP contribution in [0.2, 0.25) is 10.0 Å². The van der Waals surface area contributed by atoms with Crippen molar-refractivity contribution < 1.29 is 9.53 Å². The van der Waals surface area contributed by atoms with Crippen molar-refractivity contribution in [2.24, 2.45) is 0 Å². The molecule has 1 atom stereocenters. The van der Waals surface area contributed by atoms with Gasteiger partial charge in [0.25, 0.3) is 5.91 Å². The largest absolute Gasteiger partial charge is 0.479 e. The van der Waals surface area contributed by atoms with Crippen LogP contribution < -0.4 is 10.1 Å². The summed E-state index contributed by atoms with van der Waals surface area (Å²) in [6, 6.07) is 12.4. The highest BCUT2D eigenvalue weighted by Crippen LogP contribution is 2.28. The van der Waals surface area contributed by atoms with Crippen molar-refractivity contribution in [3.8, 4) is 5.75 Å². The first-order valence-corrected chi connectivity index (χ1v) is 7.97. The number of amides is 1. The molecule has 21 heavy (non-hydrogen) atoms. The second kappa shape index (κ2) is 7.33. The monoisotopic (exact) mass is 435 g/mol. The van der Waals surface area contributed by atoms with Gasteiger partial charge < -0.3 is 10.1 Å². The summed E-state index contributed by atoms with van der Waals surface area (Å²) < 4.78 is 6.65. The van der Waals surface area contributed by atoms with Crippen molar-refractivity contribution in [2.75, 3.05) is 5.32 Å². The molecular formula is C15H12Cl2INO2. The Balaban J connectivity index is 2.00. The zero-order valence-corrected chi connectivity index (χ0v) is 14.7. The molecule has 110 valence electrons. The molecule has 3 nitrogen and oxygen atoms in total. The van der Waals surface area contributed by atoms with Crippen LogP contribution in [0.5, 0.6) is 5.75 Å². The molecule has 0 aliphatic carbocycles. The minimum atomic E-state index is -0.678. The van der Waals surface area contributed by atoms with E-state index in [0.29, 0.717) is 15.8 Å². The van der Waals surface area contributed by atoms with Crippen molar-refractivity contribution in [3.05, 3.63) is 56.1 Å². The molecule has 2 aromatic carbocycles. The standard InChI is InChI=1S/C15H12Cl2INO2/c1-9(21-14-7-2-10(16)8-13(14)17)15(20)19-12-5-3-11(18)4-6-12/h2-9H,1H3,(H,19,20)/t9-/m1/s1. The number of hydrogen-bond donors (Lipinski definition) is 1. The van der Waals surface area contributed by atoms with Gasteiger partial charge in [-0.2, -0.15) is 0 Å². The number of carbonyl (C=O) groups excluding carboxylic acids is 1. The van der Waals surface area contributed by atoms with Crippen molar-refractivity contribution in [1.82, 2.24) is 0 Å². The van der Waals surface area contributed by atoms with E-state index in [1.165, 1.54) is 0 Å². The fourth-order valence-corrected chi connectivity index (χ4v) is 2.40. The van der Waals surface area contributed by atoms with Crippen molar-refractivity contribution in [2.45, 2.75) is 13.0 Å². The lowest BCUT2D eigenvalue weighted by Gasteiger charge is -2.15. The van der Waals surface area contributed by atoms with Crippen LogP contribution in [0.15, 0.2) is 42.5 Å². The number of nitrogens with one attached hydrogen (secondary N) is 1. The predicted molar refractivity (Wildman–Crippen MR) is 94.3 cm³/mol. The molecule has 6 heteroatoms. The Morgan fingerprint density at radius 2 is 1.86 bits per heavy atom. The molecule has 2 rings (SSSR count). The second-order valence-corrected chi connectivity index (χ2v) is 6.42. The zero-order valence-electron chi connectivity index (χ0n) is 11.1. The number of benzene rings is 2. The molecule has 0 unspecified atom stereocenters. The number of carbonyl (C=O) groups is 1. The molecule has 0 aromatic heterocycles. The first-order chi connectivity index (χ1) is 9.95. The smallest absolute Gasteiger partial charge is 0.265 e. The average Bonchev–Trinajstić information content (AvgIpc) is 2.44. The molecule has 0 spiro atoms. The third-order valence-electron chi connectivity index (χ3n) is 2.68. The molecule has 0 aliphatic heterocycles. The maximum absolute atomic E-state index is 12.1. The van der Waals surface area contributed by atoms with Crippen molar-refractivity contribution >= 4 is 57.4 Å². The fourth-order valence-electron chi connectivity index (χ4n) is 1.59. The third-order valence-corrected chi connectivity index (χ3v) is 3.93. The highest BCUT2D eigenvalue weighted by Gasteiger charge is 2.16. The Hall–Kier alpha value is -0.980. The van der Waals surface area contributed by atoms with Crippen LogP contribution in [0.1, 0.15) is 6.92 Å². The normalized spacial score (nSPS) is 11.8. The molecule has 0 saturated carbocycles. The van der Waals surface area contributed by atoms with Gasteiger partial charge in [-0.3, -0.25) is 4.79 Å². The van der Waals surface area contributed by atoms with Crippen LogP contribution >= 0.6 is 45.8 Å². The Kier molecular flexibility index (Phi) is 5.72. The summed E-state index contributed by atoms with van der Waals surface area (Å²) in [5.74, 6) is 0.175. The van der Waals surface area contributed by atoms with E-state index in [1.54, 1.807) is 25.1 Å². The van der Waals surface area contributed by atoms with Crippen LogP contribution in [0.3, 0.4) is 0 Å². The number of anilines is 1. The minimum Gasteiger partial charge on any atom is -0.479 e. The summed E-state index contributed by atoms with van der Waals surface area (Å²) in [5.41, 5.74) is 0.720. The molecule has 0 bridgehead atoms. The van der Waals surface area contributed by atoms with E-state index in [9.17, 15) is 4.79 Å². The molecule has 0 radical (unpaired) electrons. The van der Waals surface area contributed by atoms with Gasteiger partial charge in [0.05, 0.1) is 5.02 Å². The zero-order chi connectivity index (χ0) is 15.4. The molecular weight excluding hydrogens is 424 g/mol. The Bertz CT molecular complexity index is 647.